The molecule has 1 aromatic heterocycles. The highest BCUT2D eigenvalue weighted by molar-refractivity contribution is 6.05. The topological polar surface area (TPSA) is 67.2 Å². The molecule has 3 aromatic carbocycles. The number of aryl methyl sites for hydroxylation is 2. The number of carbonyl (C=O) groups is 2. The molecule has 5 rings (SSSR count). The highest BCUT2D eigenvalue weighted by Crippen LogP contribution is 2.30. The van der Waals surface area contributed by atoms with Crippen LogP contribution in [0.5, 0.6) is 0 Å². The van der Waals surface area contributed by atoms with Crippen LogP contribution in [-0.4, -0.2) is 45.6 Å². The molecule has 1 aliphatic rings. The van der Waals surface area contributed by atoms with Gasteiger partial charge in [0.1, 0.15) is 0 Å². The van der Waals surface area contributed by atoms with E-state index >= 15 is 0 Å². The summed E-state index contributed by atoms with van der Waals surface area (Å²) in [5.74, 6) is -0.176. The number of rotatable bonds is 4. The normalized spacial score (nSPS) is 15.9. The van der Waals surface area contributed by atoms with E-state index in [1.54, 1.807) is 4.68 Å². The first-order chi connectivity index (χ1) is 16.9. The molecule has 0 unspecified atom stereocenters. The molecular formula is C29H30N4O2. The highest BCUT2D eigenvalue weighted by atomic mass is 16.2. The van der Waals surface area contributed by atoms with Gasteiger partial charge in [-0.25, -0.2) is 0 Å². The Balaban J connectivity index is 1.38. The predicted octanol–water partition coefficient (Wildman–Crippen LogP) is 4.89. The van der Waals surface area contributed by atoms with Crippen LogP contribution in [0.25, 0.3) is 22.0 Å². The number of hydrogen-bond acceptors (Lipinski definition) is 3. The van der Waals surface area contributed by atoms with Crippen molar-refractivity contribution in [3.63, 3.8) is 0 Å². The van der Waals surface area contributed by atoms with Crippen LogP contribution in [0.4, 0.5) is 0 Å². The van der Waals surface area contributed by atoms with Gasteiger partial charge in [0, 0.05) is 31.6 Å². The van der Waals surface area contributed by atoms with Crippen molar-refractivity contribution >= 4 is 22.7 Å². The smallest absolute Gasteiger partial charge is 0.272 e. The third-order valence-electron chi connectivity index (χ3n) is 7.05. The van der Waals surface area contributed by atoms with Crippen LogP contribution < -0.4 is 5.32 Å². The summed E-state index contributed by atoms with van der Waals surface area (Å²) >= 11 is 0. The Morgan fingerprint density at radius 3 is 2.51 bits per heavy atom. The van der Waals surface area contributed by atoms with E-state index in [-0.39, 0.29) is 17.9 Å². The molecule has 1 saturated heterocycles. The summed E-state index contributed by atoms with van der Waals surface area (Å²) < 4.78 is 1.73. The molecule has 2 amide bonds. The molecule has 0 aliphatic carbocycles. The fourth-order valence-corrected chi connectivity index (χ4v) is 5.02. The number of likely N-dealkylation sites (tertiary alicyclic amines) is 1. The molecule has 2 heterocycles. The number of aromatic nitrogens is 2. The Bertz CT molecular complexity index is 1410. The van der Waals surface area contributed by atoms with Crippen LogP contribution in [0.2, 0.25) is 0 Å². The summed E-state index contributed by atoms with van der Waals surface area (Å²) in [5.41, 5.74) is 6.17. The standard InChI is InChI=1S/C29H30N4O2/c1-19-15-16-23(21-10-5-4-6-11-21)26(20(19)2)29(35)33-17-9-12-22(18-33)30-28(34)27-24-13-7-8-14-25(24)32(3)31-27/h4-8,10-11,13-16,22H,9,12,17-18H2,1-3H3,(H,30,34)/t22-/m1/s1. The maximum absolute atomic E-state index is 13.8. The van der Waals surface area contributed by atoms with Gasteiger partial charge in [-0.3, -0.25) is 14.3 Å². The van der Waals surface area contributed by atoms with E-state index in [1.165, 1.54) is 0 Å². The second-order valence-corrected chi connectivity index (χ2v) is 9.35. The maximum atomic E-state index is 13.8. The number of amides is 2. The predicted molar refractivity (Wildman–Crippen MR) is 138 cm³/mol. The van der Waals surface area contributed by atoms with Gasteiger partial charge in [-0.1, -0.05) is 60.7 Å². The number of benzene rings is 3. The Morgan fingerprint density at radius 1 is 0.971 bits per heavy atom. The summed E-state index contributed by atoms with van der Waals surface area (Å²) in [6.45, 7) is 5.22. The van der Waals surface area contributed by atoms with Gasteiger partial charge in [0.2, 0.25) is 0 Å². The molecule has 35 heavy (non-hydrogen) atoms. The van der Waals surface area contributed by atoms with E-state index < -0.39 is 0 Å². The molecule has 0 saturated carbocycles. The van der Waals surface area contributed by atoms with Gasteiger partial charge >= 0.3 is 0 Å². The Morgan fingerprint density at radius 2 is 1.71 bits per heavy atom. The summed E-state index contributed by atoms with van der Waals surface area (Å²) in [4.78, 5) is 28.9. The molecule has 1 atom stereocenters. The van der Waals surface area contributed by atoms with Gasteiger partial charge in [0.25, 0.3) is 11.8 Å². The Labute approximate surface area is 205 Å². The first-order valence-electron chi connectivity index (χ1n) is 12.1. The summed E-state index contributed by atoms with van der Waals surface area (Å²) in [6, 6.07) is 21.8. The van der Waals surface area contributed by atoms with Crippen molar-refractivity contribution in [2.45, 2.75) is 32.7 Å². The Hall–Kier alpha value is -3.93. The number of piperidine rings is 1. The minimum Gasteiger partial charge on any atom is -0.346 e. The minimum atomic E-state index is -0.196. The number of nitrogens with one attached hydrogen (secondary N) is 1. The van der Waals surface area contributed by atoms with Crippen LogP contribution in [0.3, 0.4) is 0 Å². The van der Waals surface area contributed by atoms with E-state index in [9.17, 15) is 9.59 Å². The van der Waals surface area contributed by atoms with Crippen LogP contribution in [-0.2, 0) is 7.05 Å². The molecule has 0 bridgehead atoms. The molecule has 1 aliphatic heterocycles. The van der Waals surface area contributed by atoms with Gasteiger partial charge in [0.05, 0.1) is 11.1 Å². The first kappa shape index (κ1) is 22.8. The molecule has 1 N–H and O–H groups in total. The lowest BCUT2D eigenvalue weighted by atomic mass is 9.91. The second-order valence-electron chi connectivity index (χ2n) is 9.35. The molecular weight excluding hydrogens is 436 g/mol. The van der Waals surface area contributed by atoms with Crippen LogP contribution >= 0.6 is 0 Å². The summed E-state index contributed by atoms with van der Waals surface area (Å²) in [7, 11) is 1.84. The van der Waals surface area contributed by atoms with E-state index in [0.717, 1.165) is 51.6 Å². The molecule has 6 heteroatoms. The number of carbonyl (C=O) groups excluding carboxylic acids is 2. The average molecular weight is 467 g/mol. The van der Waals surface area contributed by atoms with Crippen molar-refractivity contribution < 1.29 is 9.59 Å². The maximum Gasteiger partial charge on any atom is 0.272 e. The van der Waals surface area contributed by atoms with Gasteiger partial charge in [0.15, 0.2) is 5.69 Å². The lowest BCUT2D eigenvalue weighted by Crippen LogP contribution is -2.50. The number of para-hydroxylation sites is 1. The third kappa shape index (κ3) is 4.32. The van der Waals surface area contributed by atoms with E-state index in [2.05, 4.69) is 16.5 Å². The van der Waals surface area contributed by atoms with E-state index in [1.807, 2.05) is 86.5 Å². The largest absolute Gasteiger partial charge is 0.346 e. The van der Waals surface area contributed by atoms with Crippen LogP contribution in [0.15, 0.2) is 66.7 Å². The van der Waals surface area contributed by atoms with Crippen LogP contribution in [0, 0.1) is 13.8 Å². The molecule has 0 spiro atoms. The van der Waals surface area contributed by atoms with Gasteiger partial charge in [-0.2, -0.15) is 5.10 Å². The van der Waals surface area contributed by atoms with Crippen molar-refractivity contribution in [2.75, 3.05) is 13.1 Å². The van der Waals surface area contributed by atoms with Gasteiger partial charge < -0.3 is 10.2 Å². The molecule has 178 valence electrons. The molecule has 0 radical (unpaired) electrons. The summed E-state index contributed by atoms with van der Waals surface area (Å²) in [5, 5.41) is 8.42. The third-order valence-corrected chi connectivity index (χ3v) is 7.05. The minimum absolute atomic E-state index is 0.0206. The zero-order valence-corrected chi connectivity index (χ0v) is 20.4. The van der Waals surface area contributed by atoms with Gasteiger partial charge in [-0.15, -0.1) is 0 Å². The lowest BCUT2D eigenvalue weighted by Gasteiger charge is -2.34. The molecule has 6 nitrogen and oxygen atoms in total. The molecule has 1 fully saturated rings. The van der Waals surface area contributed by atoms with E-state index in [0.29, 0.717) is 18.8 Å². The SMILES string of the molecule is Cc1ccc(-c2ccccc2)c(C(=O)N2CCC[C@@H](NC(=O)c3nn(C)c4ccccc34)C2)c1C. The van der Waals surface area contributed by atoms with Crippen LogP contribution in [0.1, 0.15) is 44.8 Å². The summed E-state index contributed by atoms with van der Waals surface area (Å²) in [6.07, 6.45) is 1.67. The number of nitrogens with zero attached hydrogens (tertiary/aromatic N) is 3. The zero-order valence-electron chi connectivity index (χ0n) is 20.4. The van der Waals surface area contributed by atoms with Gasteiger partial charge in [-0.05, 0) is 55.0 Å². The average Bonchev–Trinajstić information content (AvgIpc) is 3.22. The van der Waals surface area contributed by atoms with Crippen molar-refractivity contribution in [3.05, 3.63) is 89.1 Å². The highest BCUT2D eigenvalue weighted by Gasteiger charge is 2.29. The quantitative estimate of drug-likeness (QED) is 0.466. The zero-order chi connectivity index (χ0) is 24.5. The first-order valence-corrected chi connectivity index (χ1v) is 12.1. The monoisotopic (exact) mass is 466 g/mol. The number of fused-ring (bicyclic) bond motifs is 1. The van der Waals surface area contributed by atoms with Crippen molar-refractivity contribution in [3.8, 4) is 11.1 Å². The fraction of sp³-hybridized carbons (Fsp3) is 0.276. The van der Waals surface area contributed by atoms with E-state index in [4.69, 9.17) is 0 Å². The lowest BCUT2D eigenvalue weighted by molar-refractivity contribution is 0.0675. The fourth-order valence-electron chi connectivity index (χ4n) is 5.02. The van der Waals surface area contributed by atoms with Crippen molar-refractivity contribution in [1.29, 1.82) is 0 Å². The molecule has 4 aromatic rings. The second kappa shape index (κ2) is 9.37. The van der Waals surface area contributed by atoms with Crippen molar-refractivity contribution in [2.24, 2.45) is 7.05 Å². The Kier molecular flexibility index (Phi) is 6.12. The number of hydrogen-bond donors (Lipinski definition) is 1. The van der Waals surface area contributed by atoms with Crippen molar-refractivity contribution in [1.82, 2.24) is 20.0 Å².